The number of rotatable bonds is 7. The van der Waals surface area contributed by atoms with Gasteiger partial charge < -0.3 is 25.4 Å². The molecule has 0 amide bonds. The molecule has 27 heavy (non-hydrogen) atoms. The van der Waals surface area contributed by atoms with Crippen LogP contribution in [0.2, 0.25) is 0 Å². The molecule has 1 aliphatic heterocycles. The molecule has 148 valence electrons. The molecule has 11 nitrogen and oxygen atoms in total. The van der Waals surface area contributed by atoms with Crippen LogP contribution in [0.15, 0.2) is 15.9 Å². The molecule has 5 N–H and O–H groups in total. The number of nitrogens with one attached hydrogen (secondary N) is 2. The van der Waals surface area contributed by atoms with Crippen LogP contribution in [0.1, 0.15) is 32.4 Å². The first-order chi connectivity index (χ1) is 13.0. The average molecular weight is 381 g/mol. The summed E-state index contributed by atoms with van der Waals surface area (Å²) in [4.78, 5) is 35.3. The molecule has 1 unspecified atom stereocenters. The van der Waals surface area contributed by atoms with E-state index in [1.165, 1.54) is 4.57 Å². The number of nitrogens with zero attached hydrogens (tertiary/aromatic N) is 3. The Morgan fingerprint density at radius 2 is 2.07 bits per heavy atom. The van der Waals surface area contributed by atoms with Crippen LogP contribution in [0.5, 0.6) is 0 Å². The molecule has 0 aliphatic carbocycles. The number of H-pyrrole nitrogens is 1. The van der Waals surface area contributed by atoms with E-state index in [2.05, 4.69) is 27.2 Å². The summed E-state index contributed by atoms with van der Waals surface area (Å²) in [6, 6.07) is 0. The smallest absolute Gasteiger partial charge is 0.301 e. The van der Waals surface area contributed by atoms with E-state index >= 15 is 0 Å². The third-order valence-electron chi connectivity index (χ3n) is 4.52. The van der Waals surface area contributed by atoms with Gasteiger partial charge in [-0.15, -0.1) is 0 Å². The number of fused-ring (bicyclic) bond motifs is 1. The average Bonchev–Trinajstić information content (AvgIpc) is 3.17. The Morgan fingerprint density at radius 1 is 1.30 bits per heavy atom. The molecule has 4 atom stereocenters. The molecule has 0 radical (unpaired) electrons. The highest BCUT2D eigenvalue weighted by Gasteiger charge is 2.44. The first-order valence-electron chi connectivity index (χ1n) is 8.85. The number of unbranched alkanes of at least 4 members (excludes halogenated alkanes) is 2. The third-order valence-corrected chi connectivity index (χ3v) is 4.52. The minimum Gasteiger partial charge on any atom is -0.394 e. The van der Waals surface area contributed by atoms with Crippen molar-refractivity contribution in [1.29, 1.82) is 0 Å². The molecule has 2 aromatic heterocycles. The predicted molar refractivity (Wildman–Crippen MR) is 95.4 cm³/mol. The van der Waals surface area contributed by atoms with Gasteiger partial charge >= 0.3 is 5.56 Å². The van der Waals surface area contributed by atoms with Gasteiger partial charge in [0.15, 0.2) is 11.7 Å². The van der Waals surface area contributed by atoms with Crippen molar-refractivity contribution in [3.8, 4) is 0 Å². The number of imidazole rings is 1. The second kappa shape index (κ2) is 8.13. The number of anilines is 1. The Balaban J connectivity index is 2.00. The number of aromatic nitrogens is 4. The van der Waals surface area contributed by atoms with Crippen LogP contribution in [0.25, 0.3) is 11.0 Å². The summed E-state index contributed by atoms with van der Waals surface area (Å²) in [6.07, 6.45) is -0.875. The monoisotopic (exact) mass is 381 g/mol. The van der Waals surface area contributed by atoms with Gasteiger partial charge in [-0.25, -0.2) is 4.98 Å². The quantitative estimate of drug-likeness (QED) is 0.367. The lowest BCUT2D eigenvalue weighted by Crippen LogP contribution is -2.33. The molecular weight excluding hydrogens is 358 g/mol. The predicted octanol–water partition coefficient (Wildman–Crippen LogP) is -1.31. The van der Waals surface area contributed by atoms with Gasteiger partial charge in [0, 0.05) is 6.54 Å². The molecule has 3 heterocycles. The van der Waals surface area contributed by atoms with Crippen molar-refractivity contribution < 1.29 is 20.1 Å². The number of hydrogen-bond acceptors (Lipinski definition) is 9. The molecule has 0 saturated carbocycles. The van der Waals surface area contributed by atoms with E-state index in [0.29, 0.717) is 6.54 Å². The molecular formula is C16H23N5O6. The summed E-state index contributed by atoms with van der Waals surface area (Å²) in [6.45, 7) is 2.10. The summed E-state index contributed by atoms with van der Waals surface area (Å²) in [5, 5.41) is 32.2. The van der Waals surface area contributed by atoms with Crippen LogP contribution in [0.3, 0.4) is 0 Å². The van der Waals surface area contributed by atoms with Crippen LogP contribution < -0.4 is 16.4 Å². The van der Waals surface area contributed by atoms with Crippen LogP contribution in [-0.4, -0.2) is 66.3 Å². The van der Waals surface area contributed by atoms with Gasteiger partial charge in [0.25, 0.3) is 5.56 Å². The Kier molecular flexibility index (Phi) is 5.85. The first kappa shape index (κ1) is 19.4. The van der Waals surface area contributed by atoms with E-state index in [9.17, 15) is 24.9 Å². The number of aromatic amines is 1. The van der Waals surface area contributed by atoms with Gasteiger partial charge in [-0.05, 0) is 6.42 Å². The standard InChI is InChI=1S/C16H23N5O6/c1-2-3-4-5-17-16-19-13(25)9-10(14(26)20-16)21(7-18-9)15-12(24)11(23)8(6-22)27-15/h7-8,11-12,15,22-24H,2-6H2,1H3,(H2,17,19,20,25,26)/t8-,11-,12-,15?/m1/s1. The fraction of sp³-hybridized carbons (Fsp3) is 0.625. The molecule has 11 heteroatoms. The summed E-state index contributed by atoms with van der Waals surface area (Å²) in [7, 11) is 0. The largest absolute Gasteiger partial charge is 0.394 e. The number of hydrogen-bond donors (Lipinski definition) is 5. The van der Waals surface area contributed by atoms with Crippen LogP contribution >= 0.6 is 0 Å². The summed E-state index contributed by atoms with van der Waals surface area (Å²) < 4.78 is 6.59. The lowest BCUT2D eigenvalue weighted by Gasteiger charge is -2.16. The van der Waals surface area contributed by atoms with Crippen molar-refractivity contribution >= 4 is 17.0 Å². The zero-order valence-electron chi connectivity index (χ0n) is 14.8. The molecule has 3 rings (SSSR count). The first-order valence-corrected chi connectivity index (χ1v) is 8.85. The van der Waals surface area contributed by atoms with Crippen LogP contribution in [0.4, 0.5) is 5.95 Å². The van der Waals surface area contributed by atoms with Gasteiger partial charge in [0.05, 0.1) is 12.9 Å². The number of ether oxygens (including phenoxy) is 1. The highest BCUT2D eigenvalue weighted by molar-refractivity contribution is 5.73. The fourth-order valence-corrected chi connectivity index (χ4v) is 3.06. The van der Waals surface area contributed by atoms with Crippen molar-refractivity contribution in [1.82, 2.24) is 19.5 Å². The van der Waals surface area contributed by atoms with Crippen molar-refractivity contribution in [3.05, 3.63) is 27.0 Å². The van der Waals surface area contributed by atoms with Crippen LogP contribution in [0, 0.1) is 0 Å². The zero-order chi connectivity index (χ0) is 19.6. The zero-order valence-corrected chi connectivity index (χ0v) is 14.8. The maximum Gasteiger partial charge on any atom is 0.301 e. The molecule has 0 bridgehead atoms. The number of aliphatic hydroxyl groups excluding tert-OH is 3. The van der Waals surface area contributed by atoms with E-state index in [4.69, 9.17) is 4.74 Å². The van der Waals surface area contributed by atoms with E-state index in [1.807, 2.05) is 0 Å². The Bertz CT molecular complexity index is 912. The van der Waals surface area contributed by atoms with E-state index in [1.54, 1.807) is 0 Å². The normalized spacial score (nSPS) is 25.2. The highest BCUT2D eigenvalue weighted by Crippen LogP contribution is 2.30. The van der Waals surface area contributed by atoms with Crippen molar-refractivity contribution in [2.75, 3.05) is 18.5 Å². The molecule has 1 aliphatic rings. The Hall–Kier alpha value is -2.34. The van der Waals surface area contributed by atoms with Crippen molar-refractivity contribution in [2.24, 2.45) is 0 Å². The van der Waals surface area contributed by atoms with Gasteiger partial charge in [-0.1, -0.05) is 19.8 Å². The topological polar surface area (TPSA) is 163 Å². The maximum atomic E-state index is 12.6. The summed E-state index contributed by atoms with van der Waals surface area (Å²) >= 11 is 0. The van der Waals surface area contributed by atoms with Crippen molar-refractivity contribution in [3.63, 3.8) is 0 Å². The molecule has 2 aromatic rings. The molecule has 0 aromatic carbocycles. The van der Waals surface area contributed by atoms with Crippen LogP contribution in [-0.2, 0) is 4.74 Å². The lowest BCUT2D eigenvalue weighted by molar-refractivity contribution is -0.0509. The van der Waals surface area contributed by atoms with Gasteiger partial charge in [-0.2, -0.15) is 4.98 Å². The molecule has 0 spiro atoms. The second-order valence-corrected chi connectivity index (χ2v) is 6.43. The van der Waals surface area contributed by atoms with E-state index in [0.717, 1.165) is 25.6 Å². The van der Waals surface area contributed by atoms with Gasteiger partial charge in [0.2, 0.25) is 5.95 Å². The second-order valence-electron chi connectivity index (χ2n) is 6.43. The van der Waals surface area contributed by atoms with Gasteiger partial charge in [-0.3, -0.25) is 19.1 Å². The summed E-state index contributed by atoms with van der Waals surface area (Å²) in [5.74, 6) is 0.0341. The highest BCUT2D eigenvalue weighted by atomic mass is 16.6. The maximum absolute atomic E-state index is 12.6. The number of aliphatic hydroxyl groups is 3. The van der Waals surface area contributed by atoms with E-state index < -0.39 is 42.3 Å². The lowest BCUT2D eigenvalue weighted by atomic mass is 10.1. The minimum atomic E-state index is -1.40. The Labute approximate surface area is 153 Å². The Morgan fingerprint density at radius 3 is 2.74 bits per heavy atom. The minimum absolute atomic E-state index is 0.0341. The van der Waals surface area contributed by atoms with Crippen molar-refractivity contribution in [2.45, 2.75) is 50.7 Å². The van der Waals surface area contributed by atoms with Gasteiger partial charge in [0.1, 0.15) is 23.8 Å². The third kappa shape index (κ3) is 3.72. The van der Waals surface area contributed by atoms with E-state index in [-0.39, 0.29) is 17.0 Å². The molecule has 1 saturated heterocycles. The molecule has 1 fully saturated rings. The summed E-state index contributed by atoms with van der Waals surface area (Å²) in [5.41, 5.74) is -1.68. The fourth-order valence-electron chi connectivity index (χ4n) is 3.06. The SMILES string of the molecule is CCCCCNc1nc(=O)c2ncn(C3O[C@H](CO)[C@@H](O)[C@H]3O)c2c(=O)[nH]1.